The van der Waals surface area contributed by atoms with Gasteiger partial charge in [0.25, 0.3) is 0 Å². The molecule has 3 aliphatic rings. The quantitative estimate of drug-likeness (QED) is 0.618. The van der Waals surface area contributed by atoms with E-state index in [1.165, 1.54) is 19.3 Å². The Morgan fingerprint density at radius 2 is 1.37 bits per heavy atom. The van der Waals surface area contributed by atoms with E-state index in [4.69, 9.17) is 0 Å². The fourth-order valence-corrected chi connectivity index (χ4v) is 5.83. The Balaban J connectivity index is 1.56. The van der Waals surface area contributed by atoms with E-state index < -0.39 is 0 Å². The second kappa shape index (κ2) is 10.7. The van der Waals surface area contributed by atoms with Crippen molar-refractivity contribution >= 4 is 17.6 Å². The Morgan fingerprint density at radius 1 is 0.700 bits per heavy atom. The molecule has 0 bridgehead atoms. The van der Waals surface area contributed by atoms with Crippen molar-refractivity contribution in [1.82, 2.24) is 16.0 Å². The molecule has 7 unspecified atom stereocenters. The van der Waals surface area contributed by atoms with E-state index in [9.17, 15) is 14.4 Å². The molecule has 0 saturated heterocycles. The average molecular weight is 420 g/mol. The summed E-state index contributed by atoms with van der Waals surface area (Å²) in [6.45, 7) is 3.88. The van der Waals surface area contributed by atoms with Crippen LogP contribution in [0.2, 0.25) is 0 Å². The van der Waals surface area contributed by atoms with E-state index in [0.717, 1.165) is 38.5 Å². The third-order valence-corrected chi connectivity index (χ3v) is 7.89. The van der Waals surface area contributed by atoms with Crippen LogP contribution in [0.4, 0.5) is 0 Å². The van der Waals surface area contributed by atoms with Gasteiger partial charge < -0.3 is 16.0 Å². The SMILES string of the molecule is CNC1CC(NC(=O)C2CCCC(C(C)=O)C2)CC(C(=O)NC2CCCCC2C)C1. The molecule has 0 heterocycles. The van der Waals surface area contributed by atoms with Crippen LogP contribution >= 0.6 is 0 Å². The minimum absolute atomic E-state index is 0.0148. The van der Waals surface area contributed by atoms with Gasteiger partial charge in [-0.3, -0.25) is 14.4 Å². The first-order valence-corrected chi connectivity index (χ1v) is 12.2. The van der Waals surface area contributed by atoms with Crippen molar-refractivity contribution in [2.75, 3.05) is 7.05 Å². The Morgan fingerprint density at radius 3 is 2.07 bits per heavy atom. The summed E-state index contributed by atoms with van der Waals surface area (Å²) < 4.78 is 0. The molecule has 6 nitrogen and oxygen atoms in total. The van der Waals surface area contributed by atoms with Gasteiger partial charge in [-0.05, 0) is 71.3 Å². The lowest BCUT2D eigenvalue weighted by Crippen LogP contribution is -2.52. The Hall–Kier alpha value is -1.43. The topological polar surface area (TPSA) is 87.3 Å². The summed E-state index contributed by atoms with van der Waals surface area (Å²) in [6, 6.07) is 0.542. The predicted octanol–water partition coefficient (Wildman–Crippen LogP) is 2.95. The van der Waals surface area contributed by atoms with Gasteiger partial charge in [0.05, 0.1) is 0 Å². The molecule has 3 saturated carbocycles. The first-order valence-electron chi connectivity index (χ1n) is 12.2. The molecule has 0 aromatic rings. The maximum absolute atomic E-state index is 13.0. The van der Waals surface area contributed by atoms with Crippen LogP contribution in [0.1, 0.15) is 84.5 Å². The van der Waals surface area contributed by atoms with Crippen LogP contribution < -0.4 is 16.0 Å². The second-order valence-corrected chi connectivity index (χ2v) is 10.1. The molecule has 0 aromatic heterocycles. The standard InChI is InChI=1S/C24H41N3O3/c1-15-7-4-5-10-22(15)27-24(30)19-12-20(25-3)14-21(13-19)26-23(29)18-9-6-8-17(11-18)16(2)28/h15,17-22,25H,4-14H2,1-3H3,(H,26,29)(H,27,30). The summed E-state index contributed by atoms with van der Waals surface area (Å²) in [5, 5.41) is 9.89. The monoisotopic (exact) mass is 419 g/mol. The van der Waals surface area contributed by atoms with Gasteiger partial charge >= 0.3 is 0 Å². The first kappa shape index (κ1) is 23.2. The van der Waals surface area contributed by atoms with Crippen molar-refractivity contribution in [2.45, 2.75) is 103 Å². The highest BCUT2D eigenvalue weighted by molar-refractivity contribution is 5.83. The summed E-state index contributed by atoms with van der Waals surface area (Å²) in [6.07, 6.45) is 10.5. The van der Waals surface area contributed by atoms with Crippen molar-refractivity contribution in [1.29, 1.82) is 0 Å². The smallest absolute Gasteiger partial charge is 0.223 e. The molecule has 3 rings (SSSR count). The second-order valence-electron chi connectivity index (χ2n) is 10.1. The number of nitrogens with one attached hydrogen (secondary N) is 3. The highest BCUT2D eigenvalue weighted by Gasteiger charge is 2.36. The number of rotatable bonds is 6. The van der Waals surface area contributed by atoms with Crippen LogP contribution in [-0.4, -0.2) is 42.8 Å². The van der Waals surface area contributed by atoms with E-state index in [2.05, 4.69) is 22.9 Å². The number of Topliss-reactive ketones (excluding diaryl/α,β-unsaturated/α-hetero) is 1. The molecule has 7 atom stereocenters. The number of carbonyl (C=O) groups is 3. The molecule has 0 aromatic carbocycles. The Bertz CT molecular complexity index is 623. The average Bonchev–Trinajstić information content (AvgIpc) is 2.75. The Labute approximate surface area is 181 Å². The highest BCUT2D eigenvalue weighted by Crippen LogP contribution is 2.31. The maximum atomic E-state index is 13.0. The van der Waals surface area contributed by atoms with Crippen molar-refractivity contribution < 1.29 is 14.4 Å². The van der Waals surface area contributed by atoms with Crippen LogP contribution in [-0.2, 0) is 14.4 Å². The van der Waals surface area contributed by atoms with E-state index in [0.29, 0.717) is 24.8 Å². The van der Waals surface area contributed by atoms with Crippen LogP contribution in [0.25, 0.3) is 0 Å². The third kappa shape index (κ3) is 6.05. The van der Waals surface area contributed by atoms with Gasteiger partial charge in [0.2, 0.25) is 11.8 Å². The lowest BCUT2D eigenvalue weighted by Gasteiger charge is -2.37. The van der Waals surface area contributed by atoms with Gasteiger partial charge in [-0.1, -0.05) is 26.2 Å². The summed E-state index contributed by atoms with van der Waals surface area (Å²) in [5.41, 5.74) is 0. The number of ketones is 1. The zero-order valence-corrected chi connectivity index (χ0v) is 19.0. The zero-order chi connectivity index (χ0) is 21.7. The van der Waals surface area contributed by atoms with E-state index in [1.54, 1.807) is 6.92 Å². The molecule has 170 valence electrons. The summed E-state index contributed by atoms with van der Waals surface area (Å²) in [7, 11) is 1.94. The van der Waals surface area contributed by atoms with Crippen molar-refractivity contribution in [3.8, 4) is 0 Å². The van der Waals surface area contributed by atoms with Gasteiger partial charge in [-0.15, -0.1) is 0 Å². The van der Waals surface area contributed by atoms with Crippen molar-refractivity contribution in [3.05, 3.63) is 0 Å². The summed E-state index contributed by atoms with van der Waals surface area (Å²) in [5.74, 6) is 0.869. The van der Waals surface area contributed by atoms with Gasteiger partial charge in [0.1, 0.15) is 5.78 Å². The largest absolute Gasteiger partial charge is 0.353 e. The number of carbonyl (C=O) groups excluding carboxylic acids is 3. The minimum Gasteiger partial charge on any atom is -0.353 e. The molecular formula is C24H41N3O3. The normalized spacial score (nSPS) is 37.2. The van der Waals surface area contributed by atoms with Crippen molar-refractivity contribution in [2.24, 2.45) is 23.7 Å². The zero-order valence-electron chi connectivity index (χ0n) is 19.0. The summed E-state index contributed by atoms with van der Waals surface area (Å²) in [4.78, 5) is 37.7. The first-order chi connectivity index (χ1) is 14.4. The highest BCUT2D eigenvalue weighted by atomic mass is 16.2. The van der Waals surface area contributed by atoms with Crippen LogP contribution in [0, 0.1) is 23.7 Å². The predicted molar refractivity (Wildman–Crippen MR) is 118 cm³/mol. The summed E-state index contributed by atoms with van der Waals surface area (Å²) >= 11 is 0. The van der Waals surface area contributed by atoms with E-state index in [1.807, 2.05) is 7.05 Å². The molecule has 3 fully saturated rings. The molecule has 0 radical (unpaired) electrons. The number of hydrogen-bond donors (Lipinski definition) is 3. The number of amides is 2. The van der Waals surface area contributed by atoms with E-state index >= 15 is 0 Å². The van der Waals surface area contributed by atoms with Crippen LogP contribution in [0.5, 0.6) is 0 Å². The fourth-order valence-electron chi connectivity index (χ4n) is 5.83. The third-order valence-electron chi connectivity index (χ3n) is 7.89. The molecular weight excluding hydrogens is 378 g/mol. The van der Waals surface area contributed by atoms with Gasteiger partial charge in [-0.25, -0.2) is 0 Å². The lowest BCUT2D eigenvalue weighted by molar-refractivity contribution is -0.131. The van der Waals surface area contributed by atoms with E-state index in [-0.39, 0.29) is 47.4 Å². The van der Waals surface area contributed by atoms with Crippen molar-refractivity contribution in [3.63, 3.8) is 0 Å². The molecule has 30 heavy (non-hydrogen) atoms. The van der Waals surface area contributed by atoms with Gasteiger partial charge in [0.15, 0.2) is 0 Å². The number of hydrogen-bond acceptors (Lipinski definition) is 4. The maximum Gasteiger partial charge on any atom is 0.223 e. The minimum atomic E-state index is -0.0713. The Kier molecular flexibility index (Phi) is 8.32. The fraction of sp³-hybridized carbons (Fsp3) is 0.875. The lowest BCUT2D eigenvalue weighted by atomic mass is 9.78. The van der Waals surface area contributed by atoms with Crippen LogP contribution in [0.15, 0.2) is 0 Å². The van der Waals surface area contributed by atoms with Gasteiger partial charge in [-0.2, -0.15) is 0 Å². The molecule has 3 N–H and O–H groups in total. The molecule has 6 heteroatoms. The van der Waals surface area contributed by atoms with Gasteiger partial charge in [0, 0.05) is 35.9 Å². The molecule has 0 aliphatic heterocycles. The molecule has 3 aliphatic carbocycles. The van der Waals surface area contributed by atoms with Crippen LogP contribution in [0.3, 0.4) is 0 Å². The molecule has 2 amide bonds. The molecule has 0 spiro atoms.